The lowest BCUT2D eigenvalue weighted by Gasteiger charge is -2.06. The van der Waals surface area contributed by atoms with Gasteiger partial charge in [0.25, 0.3) is 13.7 Å². The molecule has 19 heavy (non-hydrogen) atoms. The van der Waals surface area contributed by atoms with Gasteiger partial charge in [0.05, 0.1) is 4.92 Å². The van der Waals surface area contributed by atoms with Crippen LogP contribution in [0, 0.1) is 17.0 Å². The maximum Gasteiger partial charge on any atom is 0.269 e. The highest BCUT2D eigenvalue weighted by molar-refractivity contribution is 7.48. The van der Waals surface area contributed by atoms with Gasteiger partial charge in [-0.2, -0.15) is 0 Å². The van der Waals surface area contributed by atoms with Crippen LogP contribution in [0.4, 0.5) is 5.69 Å². The molecular weight excluding hydrogens is 265 g/mol. The first kappa shape index (κ1) is 13.3. The molecule has 0 aliphatic heterocycles. The fraction of sp³-hybridized carbons (Fsp3) is 0.0769. The highest BCUT2D eigenvalue weighted by Gasteiger charge is 2.08. The van der Waals surface area contributed by atoms with Gasteiger partial charge in [0, 0.05) is 17.4 Å². The molecule has 98 valence electrons. The molecule has 1 atom stereocenters. The van der Waals surface area contributed by atoms with Crippen molar-refractivity contribution in [2.24, 2.45) is 0 Å². The largest absolute Gasteiger partial charge is 0.442 e. The third-order valence-electron chi connectivity index (χ3n) is 2.55. The molecule has 0 saturated carbocycles. The standard InChI is InChI=1S/C13H12NO4P/c1-10-2-8-13(9-3-10)19(17)18-12-6-4-11(5-7-12)14(15)16/h2-9,19H,1H3. The molecule has 5 nitrogen and oxygen atoms in total. The average Bonchev–Trinajstić information content (AvgIpc) is 2.40. The average molecular weight is 277 g/mol. The molecule has 2 rings (SSSR count). The van der Waals surface area contributed by atoms with E-state index in [9.17, 15) is 14.7 Å². The van der Waals surface area contributed by atoms with E-state index >= 15 is 0 Å². The van der Waals surface area contributed by atoms with Gasteiger partial charge >= 0.3 is 0 Å². The monoisotopic (exact) mass is 277 g/mol. The molecule has 0 amide bonds. The van der Waals surface area contributed by atoms with Gasteiger partial charge in [-0.05, 0) is 31.2 Å². The Bertz CT molecular complexity index is 608. The van der Waals surface area contributed by atoms with Crippen molar-refractivity contribution in [3.63, 3.8) is 0 Å². The summed E-state index contributed by atoms with van der Waals surface area (Å²) in [4.78, 5) is 10.0. The number of non-ortho nitro benzene ring substituents is 1. The molecule has 0 radical (unpaired) electrons. The van der Waals surface area contributed by atoms with Crippen LogP contribution in [0.1, 0.15) is 5.56 Å². The summed E-state index contributed by atoms with van der Waals surface area (Å²) in [6.07, 6.45) is 0. The Hall–Kier alpha value is -2.13. The number of aryl methyl sites for hydroxylation is 1. The Morgan fingerprint density at radius 1 is 1.05 bits per heavy atom. The lowest BCUT2D eigenvalue weighted by Crippen LogP contribution is -1.99. The minimum Gasteiger partial charge on any atom is -0.442 e. The molecule has 0 N–H and O–H groups in total. The van der Waals surface area contributed by atoms with E-state index in [0.717, 1.165) is 5.56 Å². The quantitative estimate of drug-likeness (QED) is 0.489. The SMILES string of the molecule is Cc1ccc([PH](=O)Oc2ccc([N+](=O)[O-])cc2)cc1. The van der Waals surface area contributed by atoms with Crippen molar-refractivity contribution in [3.8, 4) is 5.75 Å². The van der Waals surface area contributed by atoms with Crippen molar-refractivity contribution in [1.82, 2.24) is 0 Å². The van der Waals surface area contributed by atoms with Gasteiger partial charge in [-0.15, -0.1) is 0 Å². The number of nitrogens with zero attached hydrogens (tertiary/aromatic N) is 1. The Labute approximate surface area is 110 Å². The van der Waals surface area contributed by atoms with Crippen molar-refractivity contribution in [3.05, 3.63) is 64.2 Å². The van der Waals surface area contributed by atoms with Crippen molar-refractivity contribution in [2.75, 3.05) is 0 Å². The highest BCUT2D eigenvalue weighted by atomic mass is 31.1. The molecule has 1 unspecified atom stereocenters. The number of nitro benzene ring substituents is 1. The smallest absolute Gasteiger partial charge is 0.269 e. The van der Waals surface area contributed by atoms with Gasteiger partial charge < -0.3 is 4.52 Å². The van der Waals surface area contributed by atoms with E-state index in [-0.39, 0.29) is 5.69 Å². The van der Waals surface area contributed by atoms with Crippen LogP contribution in [0.5, 0.6) is 5.75 Å². The second-order valence-electron chi connectivity index (χ2n) is 4.01. The van der Waals surface area contributed by atoms with E-state index in [1.165, 1.54) is 24.3 Å². The van der Waals surface area contributed by atoms with E-state index in [1.54, 1.807) is 12.1 Å². The van der Waals surface area contributed by atoms with Crippen LogP contribution < -0.4 is 9.83 Å². The zero-order valence-corrected chi connectivity index (χ0v) is 11.2. The van der Waals surface area contributed by atoms with E-state index in [1.807, 2.05) is 19.1 Å². The number of nitro groups is 1. The lowest BCUT2D eigenvalue weighted by atomic mass is 10.2. The van der Waals surface area contributed by atoms with Crippen LogP contribution in [-0.4, -0.2) is 4.92 Å². The summed E-state index contributed by atoms with van der Waals surface area (Å²) in [6, 6.07) is 12.7. The molecule has 0 aliphatic rings. The van der Waals surface area contributed by atoms with Gasteiger partial charge in [-0.1, -0.05) is 17.7 Å². The molecule has 2 aromatic rings. The molecule has 0 heterocycles. The third kappa shape index (κ3) is 3.42. The topological polar surface area (TPSA) is 69.4 Å². The Kier molecular flexibility index (Phi) is 3.97. The van der Waals surface area contributed by atoms with Crippen LogP contribution in [-0.2, 0) is 4.57 Å². The Morgan fingerprint density at radius 2 is 1.63 bits per heavy atom. The minimum atomic E-state index is -2.39. The molecular formula is C13H12NO4P. The van der Waals surface area contributed by atoms with Gasteiger partial charge in [0.15, 0.2) is 0 Å². The third-order valence-corrected chi connectivity index (χ3v) is 3.77. The first-order valence-electron chi connectivity index (χ1n) is 5.59. The van der Waals surface area contributed by atoms with Gasteiger partial charge in [-0.3, -0.25) is 14.7 Å². The first-order chi connectivity index (χ1) is 9.06. The summed E-state index contributed by atoms with van der Waals surface area (Å²) >= 11 is 0. The van der Waals surface area contributed by atoms with E-state index in [4.69, 9.17) is 4.52 Å². The summed E-state index contributed by atoms with van der Waals surface area (Å²) in [5, 5.41) is 11.1. The van der Waals surface area contributed by atoms with Crippen LogP contribution in [0.3, 0.4) is 0 Å². The minimum absolute atomic E-state index is 0.0256. The predicted molar refractivity (Wildman–Crippen MR) is 73.5 cm³/mol. The maximum atomic E-state index is 12.0. The zero-order chi connectivity index (χ0) is 13.8. The van der Waals surface area contributed by atoms with Gasteiger partial charge in [0.1, 0.15) is 5.75 Å². The maximum absolute atomic E-state index is 12.0. The van der Waals surface area contributed by atoms with E-state index in [2.05, 4.69) is 0 Å². The molecule has 0 spiro atoms. The first-order valence-corrected chi connectivity index (χ1v) is 6.91. The predicted octanol–water partition coefficient (Wildman–Crippen LogP) is 3.08. The van der Waals surface area contributed by atoms with E-state index in [0.29, 0.717) is 11.1 Å². The van der Waals surface area contributed by atoms with E-state index < -0.39 is 13.0 Å². The number of hydrogen-bond acceptors (Lipinski definition) is 4. The molecule has 0 saturated heterocycles. The molecule has 0 aliphatic carbocycles. The Balaban J connectivity index is 2.10. The normalized spacial score (nSPS) is 11.8. The molecule has 0 fully saturated rings. The molecule has 0 bridgehead atoms. The number of rotatable bonds is 4. The summed E-state index contributed by atoms with van der Waals surface area (Å²) in [6.45, 7) is 1.94. The fourth-order valence-electron chi connectivity index (χ4n) is 1.49. The second kappa shape index (κ2) is 5.67. The van der Waals surface area contributed by atoms with Crippen LogP contribution in [0.2, 0.25) is 0 Å². The van der Waals surface area contributed by atoms with Crippen LogP contribution in [0.15, 0.2) is 48.5 Å². The zero-order valence-electron chi connectivity index (χ0n) is 10.2. The summed E-state index contributed by atoms with van der Waals surface area (Å²) < 4.78 is 17.3. The lowest BCUT2D eigenvalue weighted by molar-refractivity contribution is -0.384. The van der Waals surface area contributed by atoms with Crippen molar-refractivity contribution in [1.29, 1.82) is 0 Å². The summed E-state index contributed by atoms with van der Waals surface area (Å²) in [5.74, 6) is 0.357. The van der Waals surface area contributed by atoms with Crippen molar-refractivity contribution < 1.29 is 14.0 Å². The van der Waals surface area contributed by atoms with Crippen LogP contribution in [0.25, 0.3) is 0 Å². The molecule has 6 heteroatoms. The van der Waals surface area contributed by atoms with Gasteiger partial charge in [-0.25, -0.2) is 0 Å². The van der Waals surface area contributed by atoms with Crippen LogP contribution >= 0.6 is 8.03 Å². The number of hydrogen-bond donors (Lipinski definition) is 0. The summed E-state index contributed by atoms with van der Waals surface area (Å²) in [7, 11) is -2.39. The molecule has 2 aromatic carbocycles. The highest BCUT2D eigenvalue weighted by Crippen LogP contribution is 2.27. The van der Waals surface area contributed by atoms with Crippen molar-refractivity contribution >= 4 is 19.0 Å². The fourth-order valence-corrected chi connectivity index (χ4v) is 2.40. The second-order valence-corrected chi connectivity index (χ2v) is 5.36. The Morgan fingerprint density at radius 3 is 2.16 bits per heavy atom. The van der Waals surface area contributed by atoms with Crippen molar-refractivity contribution in [2.45, 2.75) is 6.92 Å². The number of benzene rings is 2. The molecule has 0 aromatic heterocycles. The van der Waals surface area contributed by atoms with Gasteiger partial charge in [0.2, 0.25) is 0 Å². The summed E-state index contributed by atoms with van der Waals surface area (Å²) in [5.41, 5.74) is 1.05.